The molecule has 2 aliphatic rings. The van der Waals surface area contributed by atoms with Crippen LogP contribution in [0.25, 0.3) is 0 Å². The van der Waals surface area contributed by atoms with E-state index in [0.717, 1.165) is 44.1 Å². The lowest BCUT2D eigenvalue weighted by molar-refractivity contribution is -0.136. The fraction of sp³-hybridized carbons (Fsp3) is 0.600. The molecule has 2 saturated carbocycles. The first-order chi connectivity index (χ1) is 12.6. The molecule has 6 nitrogen and oxygen atoms in total. The van der Waals surface area contributed by atoms with Gasteiger partial charge in [-0.15, -0.1) is 0 Å². The van der Waals surface area contributed by atoms with E-state index in [1.54, 1.807) is 6.92 Å². The summed E-state index contributed by atoms with van der Waals surface area (Å²) in [4.78, 5) is 26.9. The molecular weight excluding hydrogens is 330 g/mol. The van der Waals surface area contributed by atoms with Crippen LogP contribution >= 0.6 is 0 Å². The molecule has 1 aromatic rings. The summed E-state index contributed by atoms with van der Waals surface area (Å²) >= 11 is 0. The van der Waals surface area contributed by atoms with E-state index in [1.165, 1.54) is 0 Å². The number of nitrogens with two attached hydrogens (primary N) is 1. The van der Waals surface area contributed by atoms with Crippen molar-refractivity contribution >= 4 is 12.0 Å². The zero-order valence-corrected chi connectivity index (χ0v) is 15.4. The Bertz CT molecular complexity index is 616. The van der Waals surface area contributed by atoms with Crippen molar-refractivity contribution in [1.29, 1.82) is 0 Å². The monoisotopic (exact) mass is 359 g/mol. The number of nitrogens with zero attached hydrogens (tertiary/aromatic N) is 1. The van der Waals surface area contributed by atoms with Crippen LogP contribution in [0.5, 0.6) is 0 Å². The molecule has 0 heterocycles. The van der Waals surface area contributed by atoms with Crippen LogP contribution in [0, 0.1) is 0 Å². The Labute approximate surface area is 155 Å². The van der Waals surface area contributed by atoms with E-state index in [1.807, 2.05) is 35.2 Å². The highest BCUT2D eigenvalue weighted by molar-refractivity contribution is 5.82. The molecule has 0 spiro atoms. The van der Waals surface area contributed by atoms with E-state index in [-0.39, 0.29) is 30.6 Å². The largest absolute Gasteiger partial charge is 0.445 e. The van der Waals surface area contributed by atoms with Gasteiger partial charge in [-0.1, -0.05) is 43.2 Å². The summed E-state index contributed by atoms with van der Waals surface area (Å²) in [5.41, 5.74) is 6.82. The molecule has 0 saturated heterocycles. The van der Waals surface area contributed by atoms with Crippen LogP contribution in [-0.2, 0) is 16.1 Å². The minimum absolute atomic E-state index is 0.0103. The summed E-state index contributed by atoms with van der Waals surface area (Å²) in [7, 11) is 0. The molecule has 1 aromatic carbocycles. The average molecular weight is 359 g/mol. The average Bonchev–Trinajstić information content (AvgIpc) is 3.47. The molecular formula is C20H29N3O3. The molecule has 6 heteroatoms. The normalized spacial score (nSPS) is 23.8. The Kier molecular flexibility index (Phi) is 6.14. The number of ether oxygens (including phenoxy) is 1. The Hall–Kier alpha value is -2.08. The smallest absolute Gasteiger partial charge is 0.407 e. The van der Waals surface area contributed by atoms with Crippen molar-refractivity contribution in [3.63, 3.8) is 0 Å². The van der Waals surface area contributed by atoms with Gasteiger partial charge in [0.2, 0.25) is 5.91 Å². The van der Waals surface area contributed by atoms with Crippen LogP contribution in [0.1, 0.15) is 51.0 Å². The van der Waals surface area contributed by atoms with Gasteiger partial charge in [0.25, 0.3) is 0 Å². The van der Waals surface area contributed by atoms with E-state index < -0.39 is 12.1 Å². The highest BCUT2D eigenvalue weighted by atomic mass is 16.5. The standard InChI is InChI=1S/C20H29N3O3/c1-14(21)19(24)23(16-11-12-16)18-10-6-5-9-17(18)22-20(25)26-13-15-7-3-2-4-8-15/h2-4,7-8,14,16-18H,5-6,9-13,21H2,1H3,(H,22,25)/t14-,17-,18+/m0/s1. The van der Waals surface area contributed by atoms with Crippen LogP contribution in [0.15, 0.2) is 30.3 Å². The van der Waals surface area contributed by atoms with Crippen molar-refractivity contribution in [3.8, 4) is 0 Å². The zero-order valence-electron chi connectivity index (χ0n) is 15.4. The summed E-state index contributed by atoms with van der Waals surface area (Å²) in [6.07, 6.45) is 5.51. The second-order valence-corrected chi connectivity index (χ2v) is 7.43. The highest BCUT2D eigenvalue weighted by Gasteiger charge is 2.42. The van der Waals surface area contributed by atoms with Gasteiger partial charge in [-0.3, -0.25) is 4.79 Å². The molecule has 0 radical (unpaired) electrons. The number of amides is 2. The fourth-order valence-electron chi connectivity index (χ4n) is 3.73. The second-order valence-electron chi connectivity index (χ2n) is 7.43. The SMILES string of the molecule is C[C@H](N)C(=O)N(C1CC1)[C@@H]1CCCC[C@@H]1NC(=O)OCc1ccccc1. The van der Waals surface area contributed by atoms with Crippen molar-refractivity contribution in [3.05, 3.63) is 35.9 Å². The van der Waals surface area contributed by atoms with E-state index in [2.05, 4.69) is 5.32 Å². The maximum absolute atomic E-state index is 12.6. The summed E-state index contributed by atoms with van der Waals surface area (Å²) < 4.78 is 5.36. The van der Waals surface area contributed by atoms with Crippen LogP contribution in [0.3, 0.4) is 0 Å². The first-order valence-corrected chi connectivity index (χ1v) is 9.61. The Morgan fingerprint density at radius 2 is 1.88 bits per heavy atom. The number of carbonyl (C=O) groups is 2. The Morgan fingerprint density at radius 1 is 1.19 bits per heavy atom. The molecule has 142 valence electrons. The summed E-state index contributed by atoms with van der Waals surface area (Å²) in [5.74, 6) is -0.0103. The van der Waals surface area contributed by atoms with E-state index in [0.29, 0.717) is 0 Å². The van der Waals surface area contributed by atoms with Gasteiger partial charge in [0.05, 0.1) is 18.1 Å². The van der Waals surface area contributed by atoms with Crippen LogP contribution < -0.4 is 11.1 Å². The molecule has 0 aromatic heterocycles. The number of nitrogens with one attached hydrogen (secondary N) is 1. The van der Waals surface area contributed by atoms with E-state index in [4.69, 9.17) is 10.5 Å². The Morgan fingerprint density at radius 3 is 2.54 bits per heavy atom. The first kappa shape index (κ1) is 18.7. The fourth-order valence-corrected chi connectivity index (χ4v) is 3.73. The summed E-state index contributed by atoms with van der Waals surface area (Å²) in [6, 6.07) is 9.32. The van der Waals surface area contributed by atoms with Crippen molar-refractivity contribution in [2.24, 2.45) is 5.73 Å². The predicted octanol–water partition coefficient (Wildman–Crippen LogP) is 2.56. The predicted molar refractivity (Wildman–Crippen MR) is 99.3 cm³/mol. The van der Waals surface area contributed by atoms with Gasteiger partial charge in [-0.25, -0.2) is 4.79 Å². The second kappa shape index (κ2) is 8.54. The molecule has 2 fully saturated rings. The van der Waals surface area contributed by atoms with Gasteiger partial charge < -0.3 is 20.7 Å². The molecule has 26 heavy (non-hydrogen) atoms. The third-order valence-electron chi connectivity index (χ3n) is 5.19. The van der Waals surface area contributed by atoms with Crippen LogP contribution in [0.2, 0.25) is 0 Å². The molecule has 0 bridgehead atoms. The number of benzene rings is 1. The lowest BCUT2D eigenvalue weighted by Crippen LogP contribution is -2.58. The number of hydrogen-bond donors (Lipinski definition) is 2. The molecule has 3 N–H and O–H groups in total. The maximum atomic E-state index is 12.6. The zero-order chi connectivity index (χ0) is 18.5. The van der Waals surface area contributed by atoms with E-state index >= 15 is 0 Å². The van der Waals surface area contributed by atoms with Gasteiger partial charge >= 0.3 is 6.09 Å². The number of hydrogen-bond acceptors (Lipinski definition) is 4. The lowest BCUT2D eigenvalue weighted by Gasteiger charge is -2.41. The quantitative estimate of drug-likeness (QED) is 0.817. The van der Waals surface area contributed by atoms with Crippen molar-refractivity contribution in [2.75, 3.05) is 0 Å². The number of rotatable bonds is 6. The van der Waals surface area contributed by atoms with Crippen molar-refractivity contribution in [1.82, 2.24) is 10.2 Å². The van der Waals surface area contributed by atoms with Crippen molar-refractivity contribution < 1.29 is 14.3 Å². The van der Waals surface area contributed by atoms with Gasteiger partial charge in [-0.2, -0.15) is 0 Å². The van der Waals surface area contributed by atoms with E-state index in [9.17, 15) is 9.59 Å². The molecule has 3 atom stereocenters. The van der Waals surface area contributed by atoms with Crippen LogP contribution in [0.4, 0.5) is 4.79 Å². The third kappa shape index (κ3) is 4.75. The molecule has 2 aliphatic carbocycles. The van der Waals surface area contributed by atoms with Gasteiger partial charge in [-0.05, 0) is 38.2 Å². The lowest BCUT2D eigenvalue weighted by atomic mass is 9.88. The Balaban J connectivity index is 1.60. The topological polar surface area (TPSA) is 84.7 Å². The molecule has 0 aliphatic heterocycles. The summed E-state index contributed by atoms with van der Waals surface area (Å²) in [5, 5.41) is 3.00. The minimum Gasteiger partial charge on any atom is -0.445 e. The summed E-state index contributed by atoms with van der Waals surface area (Å²) in [6.45, 7) is 1.98. The third-order valence-corrected chi connectivity index (χ3v) is 5.19. The van der Waals surface area contributed by atoms with Gasteiger partial charge in [0.1, 0.15) is 6.61 Å². The van der Waals surface area contributed by atoms with Gasteiger partial charge in [0, 0.05) is 6.04 Å². The molecule has 2 amide bonds. The maximum Gasteiger partial charge on any atom is 0.407 e. The van der Waals surface area contributed by atoms with Gasteiger partial charge in [0.15, 0.2) is 0 Å². The number of alkyl carbamates (subject to hydrolysis) is 1. The van der Waals surface area contributed by atoms with Crippen molar-refractivity contribution in [2.45, 2.75) is 76.2 Å². The minimum atomic E-state index is -0.511. The molecule has 3 rings (SSSR count). The highest BCUT2D eigenvalue weighted by Crippen LogP contribution is 2.34. The van der Waals surface area contributed by atoms with Crippen LogP contribution in [-0.4, -0.2) is 41.1 Å². The number of carbonyl (C=O) groups excluding carboxylic acids is 2. The molecule has 0 unspecified atom stereocenters. The first-order valence-electron chi connectivity index (χ1n) is 9.61.